The first-order chi connectivity index (χ1) is 15.1. The number of nitro benzene ring substituents is 1. The summed E-state index contributed by atoms with van der Waals surface area (Å²) < 4.78 is 37.1. The molecule has 0 heterocycles. The number of esters is 1. The second-order valence-corrected chi connectivity index (χ2v) is 8.21. The average molecular weight is 465 g/mol. The Morgan fingerprint density at radius 1 is 1.12 bits per heavy atom. The fourth-order valence-corrected chi connectivity index (χ4v) is 3.57. The van der Waals surface area contributed by atoms with Crippen LogP contribution in [0.4, 0.5) is 11.4 Å². The topological polar surface area (TPSA) is 154 Å². The molecule has 2 rings (SSSR count). The van der Waals surface area contributed by atoms with E-state index in [0.717, 1.165) is 0 Å². The molecule has 0 radical (unpaired) electrons. The fraction of sp³-hybridized carbons (Fsp3) is 0.300. The van der Waals surface area contributed by atoms with Crippen LogP contribution < -0.4 is 14.8 Å². The quantitative estimate of drug-likeness (QED) is 0.291. The molecule has 32 heavy (non-hydrogen) atoms. The molecule has 0 saturated heterocycles. The highest BCUT2D eigenvalue weighted by atomic mass is 32.2. The van der Waals surface area contributed by atoms with Crippen molar-refractivity contribution in [2.75, 3.05) is 18.5 Å². The smallest absolute Gasteiger partial charge is 0.307 e. The van der Waals surface area contributed by atoms with Gasteiger partial charge in [-0.15, -0.1) is 0 Å². The van der Waals surface area contributed by atoms with Crippen molar-refractivity contribution in [3.05, 3.63) is 58.6 Å². The molecule has 0 fully saturated rings. The van der Waals surface area contributed by atoms with Crippen molar-refractivity contribution < 1.29 is 32.4 Å². The lowest BCUT2D eigenvalue weighted by Gasteiger charge is -2.14. The van der Waals surface area contributed by atoms with Crippen molar-refractivity contribution in [3.8, 4) is 5.75 Å². The molecule has 2 aromatic carbocycles. The Hall–Kier alpha value is -3.51. The maximum atomic E-state index is 12.3. The lowest BCUT2D eigenvalue weighted by molar-refractivity contribution is -0.383. The third-order valence-electron chi connectivity index (χ3n) is 4.10. The fourth-order valence-electron chi connectivity index (χ4n) is 2.54. The summed E-state index contributed by atoms with van der Waals surface area (Å²) in [7, 11) is -3.84. The van der Waals surface area contributed by atoms with Gasteiger partial charge in [0.15, 0.2) is 6.10 Å². The maximum absolute atomic E-state index is 12.3. The number of ether oxygens (including phenoxy) is 2. The molecule has 0 aliphatic rings. The van der Waals surface area contributed by atoms with E-state index in [2.05, 4.69) is 10.0 Å². The first-order valence-corrected chi connectivity index (χ1v) is 11.1. The standard InChI is InChI=1S/C20H23N3O8S/c1-3-30-15-8-10-16(11-9-15)32(28,29)21-13-12-19(24)31-14(2)20(25)22-17-6-4-5-7-18(17)23(26)27/h4-11,14,21H,3,12-13H2,1-2H3,(H,22,25). The number of para-hydroxylation sites is 2. The number of carbonyl (C=O) groups is 2. The Morgan fingerprint density at radius 3 is 2.41 bits per heavy atom. The monoisotopic (exact) mass is 465 g/mol. The van der Waals surface area contributed by atoms with E-state index in [-0.39, 0.29) is 29.2 Å². The number of amides is 1. The van der Waals surface area contributed by atoms with E-state index in [1.54, 1.807) is 6.92 Å². The Balaban J connectivity index is 1.84. The van der Waals surface area contributed by atoms with E-state index in [4.69, 9.17) is 9.47 Å². The van der Waals surface area contributed by atoms with Crippen molar-refractivity contribution in [1.82, 2.24) is 4.72 Å². The number of hydrogen-bond donors (Lipinski definition) is 2. The molecule has 12 heteroatoms. The molecule has 0 bridgehead atoms. The van der Waals surface area contributed by atoms with Gasteiger partial charge < -0.3 is 14.8 Å². The molecule has 1 unspecified atom stereocenters. The normalized spacial score (nSPS) is 11.9. The molecule has 0 saturated carbocycles. The van der Waals surface area contributed by atoms with Crippen molar-refractivity contribution in [2.45, 2.75) is 31.3 Å². The number of benzene rings is 2. The number of nitrogens with zero attached hydrogens (tertiary/aromatic N) is 1. The van der Waals surface area contributed by atoms with Gasteiger partial charge in [0.2, 0.25) is 10.0 Å². The lowest BCUT2D eigenvalue weighted by Crippen LogP contribution is -2.32. The highest BCUT2D eigenvalue weighted by Gasteiger charge is 2.22. The Morgan fingerprint density at radius 2 is 1.78 bits per heavy atom. The van der Waals surface area contributed by atoms with Gasteiger partial charge in [-0.3, -0.25) is 19.7 Å². The highest BCUT2D eigenvalue weighted by molar-refractivity contribution is 7.89. The van der Waals surface area contributed by atoms with Gasteiger partial charge >= 0.3 is 5.97 Å². The molecule has 1 amide bonds. The molecule has 0 aliphatic heterocycles. The van der Waals surface area contributed by atoms with E-state index in [9.17, 15) is 28.1 Å². The van der Waals surface area contributed by atoms with Gasteiger partial charge in [-0.2, -0.15) is 0 Å². The van der Waals surface area contributed by atoms with Crippen LogP contribution in [0.1, 0.15) is 20.3 Å². The number of nitrogens with one attached hydrogen (secondary N) is 2. The summed E-state index contributed by atoms with van der Waals surface area (Å²) >= 11 is 0. The minimum Gasteiger partial charge on any atom is -0.494 e. The highest BCUT2D eigenvalue weighted by Crippen LogP contribution is 2.23. The zero-order valence-electron chi connectivity index (χ0n) is 17.4. The summed E-state index contributed by atoms with van der Waals surface area (Å²) in [6, 6.07) is 11.3. The third-order valence-corrected chi connectivity index (χ3v) is 5.58. The molecule has 1 atom stereocenters. The number of nitro groups is 1. The van der Waals surface area contributed by atoms with Crippen LogP contribution >= 0.6 is 0 Å². The molecule has 172 valence electrons. The third kappa shape index (κ3) is 7.03. The number of sulfonamides is 1. The van der Waals surface area contributed by atoms with Crippen LogP contribution in [0.2, 0.25) is 0 Å². The molecule has 2 N–H and O–H groups in total. The van der Waals surface area contributed by atoms with Gasteiger partial charge in [0.05, 0.1) is 22.8 Å². The van der Waals surface area contributed by atoms with Gasteiger partial charge in [0, 0.05) is 12.6 Å². The van der Waals surface area contributed by atoms with E-state index >= 15 is 0 Å². The van der Waals surface area contributed by atoms with Crippen LogP contribution in [-0.2, 0) is 24.3 Å². The summed E-state index contributed by atoms with van der Waals surface area (Å²) in [6.45, 7) is 3.31. The number of hydrogen-bond acceptors (Lipinski definition) is 8. The van der Waals surface area contributed by atoms with Crippen LogP contribution in [0.3, 0.4) is 0 Å². The molecule has 0 spiro atoms. The first kappa shape index (κ1) is 24.8. The van der Waals surface area contributed by atoms with Crippen LogP contribution in [0.15, 0.2) is 53.4 Å². The zero-order valence-corrected chi connectivity index (χ0v) is 18.3. The Kier molecular flexibility index (Phi) is 8.67. The average Bonchev–Trinajstić information content (AvgIpc) is 2.74. The molecular weight excluding hydrogens is 442 g/mol. The molecular formula is C20H23N3O8S. The Labute approximate surface area is 184 Å². The van der Waals surface area contributed by atoms with Crippen LogP contribution in [0.5, 0.6) is 5.75 Å². The number of carbonyl (C=O) groups excluding carboxylic acids is 2. The second kappa shape index (κ2) is 11.2. The predicted octanol–water partition coefficient (Wildman–Crippen LogP) is 2.23. The predicted molar refractivity (Wildman–Crippen MR) is 115 cm³/mol. The summed E-state index contributed by atoms with van der Waals surface area (Å²) in [5.74, 6) is -1.05. The van der Waals surface area contributed by atoms with Crippen molar-refractivity contribution in [3.63, 3.8) is 0 Å². The van der Waals surface area contributed by atoms with E-state index in [1.807, 2.05) is 0 Å². The van der Waals surface area contributed by atoms with Crippen LogP contribution in [0, 0.1) is 10.1 Å². The Bertz CT molecular complexity index is 1070. The van der Waals surface area contributed by atoms with Crippen molar-refractivity contribution >= 4 is 33.3 Å². The molecule has 0 aromatic heterocycles. The summed E-state index contributed by atoms with van der Waals surface area (Å²) in [5, 5.41) is 13.3. The van der Waals surface area contributed by atoms with Gasteiger partial charge in [-0.05, 0) is 44.2 Å². The van der Waals surface area contributed by atoms with Crippen molar-refractivity contribution in [2.24, 2.45) is 0 Å². The summed E-state index contributed by atoms with van der Waals surface area (Å²) in [6.07, 6.45) is -1.57. The molecule has 11 nitrogen and oxygen atoms in total. The minimum absolute atomic E-state index is 0.00604. The number of anilines is 1. The van der Waals surface area contributed by atoms with Crippen molar-refractivity contribution in [1.29, 1.82) is 0 Å². The van der Waals surface area contributed by atoms with E-state index in [0.29, 0.717) is 12.4 Å². The van der Waals surface area contributed by atoms with E-state index in [1.165, 1.54) is 55.5 Å². The summed E-state index contributed by atoms with van der Waals surface area (Å²) in [4.78, 5) is 34.5. The molecule has 2 aromatic rings. The maximum Gasteiger partial charge on any atom is 0.307 e. The zero-order chi connectivity index (χ0) is 23.7. The van der Waals surface area contributed by atoms with Gasteiger partial charge in [-0.1, -0.05) is 12.1 Å². The lowest BCUT2D eigenvalue weighted by atomic mass is 10.2. The van der Waals surface area contributed by atoms with Crippen LogP contribution in [-0.4, -0.2) is 44.5 Å². The van der Waals surface area contributed by atoms with Gasteiger partial charge in [0.25, 0.3) is 11.6 Å². The first-order valence-electron chi connectivity index (χ1n) is 9.60. The van der Waals surface area contributed by atoms with Crippen LogP contribution in [0.25, 0.3) is 0 Å². The van der Waals surface area contributed by atoms with Gasteiger partial charge in [0.1, 0.15) is 11.4 Å². The minimum atomic E-state index is -3.84. The summed E-state index contributed by atoms with van der Waals surface area (Å²) in [5.41, 5.74) is -0.336. The largest absolute Gasteiger partial charge is 0.494 e. The van der Waals surface area contributed by atoms with E-state index < -0.39 is 32.9 Å². The second-order valence-electron chi connectivity index (χ2n) is 6.45. The molecule has 0 aliphatic carbocycles. The SMILES string of the molecule is CCOc1ccc(S(=O)(=O)NCCC(=O)OC(C)C(=O)Nc2ccccc2[N+](=O)[O-])cc1. The van der Waals surface area contributed by atoms with Gasteiger partial charge in [-0.25, -0.2) is 13.1 Å². The number of rotatable bonds is 11.